The summed E-state index contributed by atoms with van der Waals surface area (Å²) in [6, 6.07) is 4.03. The molecule has 0 spiro atoms. The largest absolute Gasteiger partial charge is 0.507 e. The second-order valence-corrected chi connectivity index (χ2v) is 12.7. The van der Waals surface area contributed by atoms with Crippen LogP contribution in [-0.2, 0) is 11.2 Å². The summed E-state index contributed by atoms with van der Waals surface area (Å²) in [6.07, 6.45) is 10.0. The van der Waals surface area contributed by atoms with Crippen LogP contribution in [0.25, 0.3) is 0 Å². The van der Waals surface area contributed by atoms with Crippen molar-refractivity contribution >= 4 is 28.4 Å². The molecule has 1 fully saturated rings. The zero-order valence-corrected chi connectivity index (χ0v) is 22.5. The van der Waals surface area contributed by atoms with Gasteiger partial charge in [-0.1, -0.05) is 69.2 Å². The number of hydrogen-bond acceptors (Lipinski definition) is 5. The molecule has 1 unspecified atom stereocenters. The van der Waals surface area contributed by atoms with Crippen LogP contribution in [0.4, 0.5) is 0 Å². The van der Waals surface area contributed by atoms with E-state index in [-0.39, 0.29) is 16.6 Å². The first-order valence-corrected chi connectivity index (χ1v) is 13.5. The molecule has 1 aliphatic carbocycles. The molecule has 1 heterocycles. The molecule has 0 bridgehead atoms. The number of hydrogen-bond donors (Lipinski definition) is 1. The summed E-state index contributed by atoms with van der Waals surface area (Å²) in [6.45, 7) is 15.9. The van der Waals surface area contributed by atoms with Crippen LogP contribution in [0.3, 0.4) is 0 Å². The van der Waals surface area contributed by atoms with Gasteiger partial charge in [0.05, 0.1) is 12.7 Å². The minimum Gasteiger partial charge on any atom is -0.507 e. The average Bonchev–Trinajstić information content (AvgIpc) is 3.50. The van der Waals surface area contributed by atoms with Crippen molar-refractivity contribution in [3.05, 3.63) is 47.1 Å². The van der Waals surface area contributed by atoms with Gasteiger partial charge in [-0.2, -0.15) is 0 Å². The Labute approximate surface area is 210 Å². The number of thioether (sulfide) groups is 1. The lowest BCUT2D eigenvalue weighted by atomic mass is 9.73. The molecule has 33 heavy (non-hydrogen) atoms. The maximum absolute atomic E-state index is 11.2. The zero-order valence-electron chi connectivity index (χ0n) is 20.9. The van der Waals surface area contributed by atoms with Gasteiger partial charge in [0.1, 0.15) is 11.5 Å². The molecule has 3 rings (SSSR count). The number of aromatic hydroxyl groups is 1. The number of unbranched alkanes of at least 4 members (excludes halogenated alkanes) is 2. The van der Waals surface area contributed by atoms with Crippen LogP contribution in [0.2, 0.25) is 0 Å². The van der Waals surface area contributed by atoms with E-state index in [1.54, 1.807) is 11.8 Å². The van der Waals surface area contributed by atoms with Gasteiger partial charge < -0.3 is 14.6 Å². The predicted octanol–water partition coefficient (Wildman–Crippen LogP) is 8.11. The summed E-state index contributed by atoms with van der Waals surface area (Å²) >= 11 is 7.28. The number of ether oxygens (including phenoxy) is 2. The molecule has 1 N–H and O–H groups in total. The first-order valence-electron chi connectivity index (χ1n) is 12.3. The maximum atomic E-state index is 11.2. The number of benzene rings is 1. The third kappa shape index (κ3) is 7.60. The Morgan fingerprint density at radius 2 is 2.06 bits per heavy atom. The average molecular weight is 489 g/mol. The molecular weight excluding hydrogens is 448 g/mol. The van der Waals surface area contributed by atoms with E-state index in [0.29, 0.717) is 22.0 Å². The molecule has 2 aliphatic rings. The van der Waals surface area contributed by atoms with Crippen LogP contribution in [0.15, 0.2) is 35.9 Å². The highest BCUT2D eigenvalue weighted by Crippen LogP contribution is 2.47. The van der Waals surface area contributed by atoms with Crippen molar-refractivity contribution in [1.82, 2.24) is 0 Å². The smallest absolute Gasteiger partial charge is 0.226 e. The van der Waals surface area contributed by atoms with Crippen molar-refractivity contribution < 1.29 is 14.6 Å². The van der Waals surface area contributed by atoms with Gasteiger partial charge in [-0.3, -0.25) is 0 Å². The molecule has 3 nitrogen and oxygen atoms in total. The fraction of sp³-hybridized carbons (Fsp3) is 0.607. The van der Waals surface area contributed by atoms with E-state index in [2.05, 4.69) is 53.3 Å². The van der Waals surface area contributed by atoms with Crippen LogP contribution >= 0.6 is 24.0 Å². The zero-order chi connectivity index (χ0) is 24.2. The van der Waals surface area contributed by atoms with Crippen LogP contribution in [0.5, 0.6) is 11.5 Å². The fourth-order valence-corrected chi connectivity index (χ4v) is 6.45. The topological polar surface area (TPSA) is 42.0 Å². The van der Waals surface area contributed by atoms with Crippen LogP contribution in [0, 0.1) is 5.92 Å². The Balaban J connectivity index is 1.92. The molecule has 1 saturated heterocycles. The Morgan fingerprint density at radius 1 is 1.33 bits per heavy atom. The van der Waals surface area contributed by atoms with Crippen molar-refractivity contribution in [2.45, 2.75) is 96.3 Å². The predicted molar refractivity (Wildman–Crippen MR) is 145 cm³/mol. The van der Waals surface area contributed by atoms with Gasteiger partial charge in [0.15, 0.2) is 0 Å². The van der Waals surface area contributed by atoms with Crippen molar-refractivity contribution in [2.24, 2.45) is 5.92 Å². The molecule has 5 heteroatoms. The third-order valence-electron chi connectivity index (χ3n) is 6.64. The van der Waals surface area contributed by atoms with E-state index < -0.39 is 0 Å². The summed E-state index contributed by atoms with van der Waals surface area (Å²) < 4.78 is 12.2. The molecule has 0 radical (unpaired) electrons. The lowest BCUT2D eigenvalue weighted by Crippen LogP contribution is -2.22. The minimum absolute atomic E-state index is 0.0385. The molecule has 1 aromatic carbocycles. The fourth-order valence-electron chi connectivity index (χ4n) is 4.83. The molecule has 1 aliphatic heterocycles. The Hall–Kier alpha value is -1.30. The highest BCUT2D eigenvalue weighted by Gasteiger charge is 2.34. The van der Waals surface area contributed by atoms with E-state index in [1.165, 1.54) is 18.4 Å². The number of rotatable bonds is 10. The van der Waals surface area contributed by atoms with Gasteiger partial charge >= 0.3 is 0 Å². The second-order valence-electron chi connectivity index (χ2n) is 10.4. The third-order valence-corrected chi connectivity index (χ3v) is 7.94. The lowest BCUT2D eigenvalue weighted by Gasteiger charge is -2.32. The van der Waals surface area contributed by atoms with E-state index in [1.807, 2.05) is 6.07 Å². The molecule has 0 aromatic heterocycles. The monoisotopic (exact) mass is 488 g/mol. The van der Waals surface area contributed by atoms with Gasteiger partial charge in [-0.25, -0.2) is 0 Å². The van der Waals surface area contributed by atoms with Crippen molar-refractivity contribution in [3.63, 3.8) is 0 Å². The number of thiocarbonyl (C=S) groups is 1. The summed E-state index contributed by atoms with van der Waals surface area (Å²) in [7, 11) is 0. The van der Waals surface area contributed by atoms with Gasteiger partial charge in [0, 0.05) is 16.2 Å². The number of phenolic OH excluding ortho intramolecular Hbond substituents is 1. The summed E-state index contributed by atoms with van der Waals surface area (Å²) in [4.78, 5) is 0. The van der Waals surface area contributed by atoms with Crippen LogP contribution in [-0.4, -0.2) is 26.9 Å². The van der Waals surface area contributed by atoms with Gasteiger partial charge in [0.25, 0.3) is 0 Å². The SMILES string of the molecule is C=C(C)[C@@H]1CCC(C)=C[C@H]1c1c(O)cc(CCCCC)cc1OC(=S)SC(C)(C)CC1CO1. The number of aryl methyl sites for hydroxylation is 1. The summed E-state index contributed by atoms with van der Waals surface area (Å²) in [5.41, 5.74) is 4.43. The summed E-state index contributed by atoms with van der Waals surface area (Å²) in [5.74, 6) is 1.31. The van der Waals surface area contributed by atoms with Gasteiger partial charge in [0.2, 0.25) is 4.38 Å². The van der Waals surface area contributed by atoms with Crippen molar-refractivity contribution in [3.8, 4) is 11.5 Å². The molecule has 3 atom stereocenters. The van der Waals surface area contributed by atoms with E-state index in [4.69, 9.17) is 21.7 Å². The Morgan fingerprint density at radius 3 is 2.70 bits per heavy atom. The molecule has 0 amide bonds. The highest BCUT2D eigenvalue weighted by atomic mass is 32.2. The molecule has 0 saturated carbocycles. The number of epoxide rings is 1. The van der Waals surface area contributed by atoms with E-state index in [0.717, 1.165) is 55.4 Å². The highest BCUT2D eigenvalue weighted by molar-refractivity contribution is 8.23. The number of allylic oxidation sites excluding steroid dienone is 3. The minimum atomic E-state index is -0.0687. The maximum Gasteiger partial charge on any atom is 0.226 e. The normalized spacial score (nSPS) is 22.6. The Kier molecular flexibility index (Phi) is 9.10. The van der Waals surface area contributed by atoms with Crippen LogP contribution < -0.4 is 4.74 Å². The van der Waals surface area contributed by atoms with E-state index in [9.17, 15) is 5.11 Å². The summed E-state index contributed by atoms with van der Waals surface area (Å²) in [5, 5.41) is 11.2. The lowest BCUT2D eigenvalue weighted by molar-refractivity contribution is 0.380. The second kappa shape index (κ2) is 11.4. The quantitative estimate of drug-likeness (QED) is 0.156. The molecule has 1 aromatic rings. The Bertz CT molecular complexity index is 899. The standard InChI is InChI=1S/C28H40O3S2/c1-7-8-9-10-20-14-24(29)26(23-13-19(4)11-12-22(23)18(2)3)25(15-20)31-27(32)33-28(5,6)16-21-17-30-21/h13-15,21-23,29H,2,7-12,16-17H2,1,3-6H3/t21?,22-,23+/m0/s1. The molecule has 182 valence electrons. The first-order chi connectivity index (χ1) is 15.6. The van der Waals surface area contributed by atoms with Crippen molar-refractivity contribution in [2.75, 3.05) is 6.61 Å². The van der Waals surface area contributed by atoms with Crippen molar-refractivity contribution in [1.29, 1.82) is 0 Å². The van der Waals surface area contributed by atoms with Gasteiger partial charge in [-0.15, -0.1) is 0 Å². The van der Waals surface area contributed by atoms with Gasteiger partial charge in [-0.05, 0) is 81.8 Å². The molecular formula is C28H40O3S2. The number of phenols is 1. The van der Waals surface area contributed by atoms with E-state index >= 15 is 0 Å². The first kappa shape index (κ1) is 26.3. The van der Waals surface area contributed by atoms with Crippen LogP contribution in [0.1, 0.15) is 90.2 Å².